The molecule has 10 heteroatoms. The highest BCUT2D eigenvalue weighted by atomic mass is 35.5. The van der Waals surface area contributed by atoms with Crippen molar-refractivity contribution in [3.05, 3.63) is 69.8 Å². The highest BCUT2D eigenvalue weighted by Crippen LogP contribution is 2.27. The Balaban J connectivity index is 1.39. The molecule has 0 amide bonds. The largest absolute Gasteiger partial charge is 0.480 e. The van der Waals surface area contributed by atoms with Crippen LogP contribution in [0.15, 0.2) is 48.7 Å². The molecule has 2 aromatic carbocycles. The Hall–Kier alpha value is -2.91. The zero-order valence-electron chi connectivity index (χ0n) is 19.1. The molecule has 2 heterocycles. The Morgan fingerprint density at radius 3 is 2.74 bits per heavy atom. The fourth-order valence-electron chi connectivity index (χ4n) is 4.14. The van der Waals surface area contributed by atoms with Crippen molar-refractivity contribution in [3.8, 4) is 11.3 Å². The molecule has 8 nitrogen and oxygen atoms in total. The number of carbonyl (C=O) groups is 1. The van der Waals surface area contributed by atoms with Gasteiger partial charge < -0.3 is 26.8 Å². The Morgan fingerprint density at radius 1 is 1.20 bits per heavy atom. The van der Waals surface area contributed by atoms with E-state index >= 15 is 0 Å². The lowest BCUT2D eigenvalue weighted by Gasteiger charge is -2.28. The van der Waals surface area contributed by atoms with Gasteiger partial charge in [0.2, 0.25) is 0 Å². The molecule has 1 fully saturated rings. The van der Waals surface area contributed by atoms with Gasteiger partial charge in [-0.2, -0.15) is 0 Å². The quantitative estimate of drug-likeness (QED) is 0.290. The van der Waals surface area contributed by atoms with Gasteiger partial charge >= 0.3 is 5.97 Å². The van der Waals surface area contributed by atoms with E-state index in [4.69, 9.17) is 28.9 Å². The zero-order chi connectivity index (χ0) is 24.8. The Kier molecular flexibility index (Phi) is 8.41. The third-order valence-electron chi connectivity index (χ3n) is 6.07. The molecular weight excluding hydrogens is 487 g/mol. The van der Waals surface area contributed by atoms with Crippen molar-refractivity contribution in [1.82, 2.24) is 20.6 Å². The van der Waals surface area contributed by atoms with Crippen LogP contribution in [-0.4, -0.2) is 46.2 Å². The molecule has 1 aliphatic heterocycles. The summed E-state index contributed by atoms with van der Waals surface area (Å²) >= 11 is 12.5. The molecule has 184 valence electrons. The highest BCUT2D eigenvalue weighted by Gasteiger charge is 2.25. The summed E-state index contributed by atoms with van der Waals surface area (Å²) in [6.45, 7) is 1.84. The standard InChI is InChI=1S/C25H28Cl2N6O2/c26-19-5-2-6-20(27)18(19)13-32-24-23(28)31-14-22(33-24)16-4-1-3-15(11-16)7-9-29-17-8-10-30-21(12-17)25(34)35/h1-6,11,14,17,21,29-30H,7-10,12-13H2,(H2,28,31)(H,32,33)(H,34,35)/t17?,21-/m0/s1. The number of aromatic nitrogens is 2. The van der Waals surface area contributed by atoms with Crippen molar-refractivity contribution < 1.29 is 9.90 Å². The molecular formula is C25H28Cl2N6O2. The molecule has 3 aromatic rings. The van der Waals surface area contributed by atoms with Crippen molar-refractivity contribution >= 4 is 40.8 Å². The summed E-state index contributed by atoms with van der Waals surface area (Å²) < 4.78 is 0. The molecule has 4 rings (SSSR count). The Bertz CT molecular complexity index is 1170. The topological polar surface area (TPSA) is 125 Å². The molecule has 0 spiro atoms. The summed E-state index contributed by atoms with van der Waals surface area (Å²) in [5.74, 6) is -0.0407. The predicted octanol–water partition coefficient (Wildman–Crippen LogP) is 3.98. The normalized spacial score (nSPS) is 17.8. The van der Waals surface area contributed by atoms with Crippen molar-refractivity contribution in [1.29, 1.82) is 0 Å². The van der Waals surface area contributed by atoms with Crippen LogP contribution in [0.3, 0.4) is 0 Å². The number of nitrogen functional groups attached to an aromatic ring is 1. The SMILES string of the molecule is Nc1ncc(-c2cccc(CCNC3CCN[C@H](C(=O)O)C3)c2)nc1NCc1c(Cl)cccc1Cl. The molecule has 0 bridgehead atoms. The summed E-state index contributed by atoms with van der Waals surface area (Å²) in [6, 6.07) is 13.2. The van der Waals surface area contributed by atoms with E-state index in [1.807, 2.05) is 12.1 Å². The van der Waals surface area contributed by atoms with Crippen LogP contribution in [0.4, 0.5) is 11.6 Å². The number of nitrogens with one attached hydrogen (secondary N) is 3. The average molecular weight is 515 g/mol. The van der Waals surface area contributed by atoms with Gasteiger partial charge in [-0.05, 0) is 56.1 Å². The molecule has 0 radical (unpaired) electrons. The molecule has 1 saturated heterocycles. The number of carboxylic acids is 1. The second-order valence-corrected chi connectivity index (χ2v) is 9.33. The molecule has 0 saturated carbocycles. The van der Waals surface area contributed by atoms with Crippen LogP contribution in [0.2, 0.25) is 10.0 Å². The minimum atomic E-state index is -0.794. The highest BCUT2D eigenvalue weighted by molar-refractivity contribution is 6.36. The van der Waals surface area contributed by atoms with E-state index in [0.717, 1.165) is 36.1 Å². The number of nitrogens with zero attached hydrogens (tertiary/aromatic N) is 2. The first-order valence-electron chi connectivity index (χ1n) is 11.5. The molecule has 0 aliphatic carbocycles. The lowest BCUT2D eigenvalue weighted by molar-refractivity contribution is -0.140. The number of nitrogens with two attached hydrogens (primary N) is 1. The van der Waals surface area contributed by atoms with Crippen molar-refractivity contribution in [2.45, 2.75) is 37.9 Å². The third-order valence-corrected chi connectivity index (χ3v) is 6.77. The second-order valence-electron chi connectivity index (χ2n) is 8.51. The molecule has 1 aliphatic rings. The van der Waals surface area contributed by atoms with Crippen molar-refractivity contribution in [2.75, 3.05) is 24.1 Å². The van der Waals surface area contributed by atoms with Gasteiger partial charge in [-0.1, -0.05) is 47.5 Å². The average Bonchev–Trinajstić information content (AvgIpc) is 2.85. The summed E-state index contributed by atoms with van der Waals surface area (Å²) in [4.78, 5) is 20.2. The number of hydrogen-bond donors (Lipinski definition) is 5. The van der Waals surface area contributed by atoms with E-state index < -0.39 is 12.0 Å². The number of carboxylic acid groups (broad SMARTS) is 1. The van der Waals surface area contributed by atoms with Gasteiger partial charge in [0.05, 0.1) is 11.9 Å². The molecule has 1 aromatic heterocycles. The van der Waals surface area contributed by atoms with Gasteiger partial charge in [0.25, 0.3) is 0 Å². The van der Waals surface area contributed by atoms with Crippen LogP contribution in [0.25, 0.3) is 11.3 Å². The minimum absolute atomic E-state index is 0.198. The summed E-state index contributed by atoms with van der Waals surface area (Å²) in [7, 11) is 0. The maximum atomic E-state index is 11.2. The van der Waals surface area contributed by atoms with E-state index in [9.17, 15) is 9.90 Å². The van der Waals surface area contributed by atoms with Gasteiger partial charge in [0, 0.05) is 33.8 Å². The van der Waals surface area contributed by atoms with Gasteiger partial charge in [-0.15, -0.1) is 0 Å². The second kappa shape index (κ2) is 11.7. The molecule has 35 heavy (non-hydrogen) atoms. The smallest absolute Gasteiger partial charge is 0.320 e. The monoisotopic (exact) mass is 514 g/mol. The fraction of sp³-hybridized carbons (Fsp3) is 0.320. The number of piperidine rings is 1. The van der Waals surface area contributed by atoms with E-state index in [0.29, 0.717) is 46.9 Å². The van der Waals surface area contributed by atoms with Gasteiger partial charge in [0.1, 0.15) is 6.04 Å². The number of aliphatic carboxylic acids is 1. The number of halogens is 2. The maximum Gasteiger partial charge on any atom is 0.320 e. The number of rotatable bonds is 9. The van der Waals surface area contributed by atoms with Crippen LogP contribution < -0.4 is 21.7 Å². The summed E-state index contributed by atoms with van der Waals surface area (Å²) in [5.41, 5.74) is 9.59. The van der Waals surface area contributed by atoms with Gasteiger partial charge in [-0.3, -0.25) is 4.79 Å². The van der Waals surface area contributed by atoms with Gasteiger partial charge in [-0.25, -0.2) is 9.97 Å². The Morgan fingerprint density at radius 2 is 1.97 bits per heavy atom. The predicted molar refractivity (Wildman–Crippen MR) is 140 cm³/mol. The number of hydrogen-bond acceptors (Lipinski definition) is 7. The number of anilines is 2. The molecule has 2 atom stereocenters. The Labute approximate surface area is 214 Å². The van der Waals surface area contributed by atoms with E-state index in [1.165, 1.54) is 0 Å². The first kappa shape index (κ1) is 25.2. The first-order chi connectivity index (χ1) is 16.9. The van der Waals surface area contributed by atoms with Crippen LogP contribution in [0.5, 0.6) is 0 Å². The molecule has 6 N–H and O–H groups in total. The van der Waals surface area contributed by atoms with Crippen molar-refractivity contribution in [2.24, 2.45) is 0 Å². The van der Waals surface area contributed by atoms with Crippen LogP contribution in [-0.2, 0) is 17.8 Å². The fourth-order valence-corrected chi connectivity index (χ4v) is 4.67. The van der Waals surface area contributed by atoms with E-state index in [1.54, 1.807) is 24.4 Å². The van der Waals surface area contributed by atoms with Crippen LogP contribution in [0, 0.1) is 0 Å². The minimum Gasteiger partial charge on any atom is -0.480 e. The van der Waals surface area contributed by atoms with Crippen LogP contribution >= 0.6 is 23.2 Å². The van der Waals surface area contributed by atoms with Gasteiger partial charge in [0.15, 0.2) is 11.6 Å². The lowest BCUT2D eigenvalue weighted by atomic mass is 9.99. The first-order valence-corrected chi connectivity index (χ1v) is 12.2. The van der Waals surface area contributed by atoms with Crippen molar-refractivity contribution in [3.63, 3.8) is 0 Å². The zero-order valence-corrected chi connectivity index (χ0v) is 20.6. The van der Waals surface area contributed by atoms with E-state index in [2.05, 4.69) is 38.1 Å². The molecule has 1 unspecified atom stereocenters. The third kappa shape index (κ3) is 6.61. The lowest BCUT2D eigenvalue weighted by Crippen LogP contribution is -2.49. The maximum absolute atomic E-state index is 11.2. The van der Waals surface area contributed by atoms with Crippen LogP contribution in [0.1, 0.15) is 24.0 Å². The number of benzene rings is 2. The summed E-state index contributed by atoms with van der Waals surface area (Å²) in [5, 5.41) is 20.1. The van der Waals surface area contributed by atoms with E-state index in [-0.39, 0.29) is 6.04 Å². The summed E-state index contributed by atoms with van der Waals surface area (Å²) in [6.07, 6.45) is 3.97.